The molecule has 0 aliphatic carbocycles. The average Bonchev–Trinajstić information content (AvgIpc) is 3.04. The second-order valence-electron chi connectivity index (χ2n) is 4.82. The highest BCUT2D eigenvalue weighted by atomic mass is 32.1. The third-order valence-corrected chi connectivity index (χ3v) is 4.21. The molecule has 3 aromatic rings. The van der Waals surface area contributed by atoms with Gasteiger partial charge < -0.3 is 10.1 Å². The first-order chi connectivity index (χ1) is 11.6. The number of aromatic nitrogens is 1. The summed E-state index contributed by atoms with van der Waals surface area (Å²) in [5.74, 6) is 0.166. The molecule has 0 unspecified atom stereocenters. The first-order valence-corrected chi connectivity index (χ1v) is 8.03. The molecule has 0 atom stereocenters. The number of rotatable bonds is 5. The number of anilines is 1. The Kier molecular flexibility index (Phi) is 4.39. The molecule has 122 valence electrons. The van der Waals surface area contributed by atoms with Crippen LogP contribution in [-0.4, -0.2) is 22.4 Å². The van der Waals surface area contributed by atoms with Gasteiger partial charge >= 0.3 is 0 Å². The van der Waals surface area contributed by atoms with Crippen molar-refractivity contribution in [2.45, 2.75) is 6.92 Å². The van der Waals surface area contributed by atoms with Crippen LogP contribution in [0.4, 0.5) is 11.5 Å². The Morgan fingerprint density at radius 2 is 2.21 bits per heavy atom. The number of nitro groups is 1. The first-order valence-electron chi connectivity index (χ1n) is 7.15. The lowest BCUT2D eigenvalue weighted by molar-refractivity contribution is -0.385. The molecule has 0 aliphatic heterocycles. The number of fused-ring (bicyclic) bond motifs is 1. The molecule has 1 aromatic carbocycles. The number of thiophene rings is 1. The monoisotopic (exact) mass is 343 g/mol. The fourth-order valence-corrected chi connectivity index (χ4v) is 3.06. The van der Waals surface area contributed by atoms with E-state index in [9.17, 15) is 14.9 Å². The van der Waals surface area contributed by atoms with Crippen molar-refractivity contribution in [2.24, 2.45) is 0 Å². The molecule has 0 saturated carbocycles. The molecule has 0 aliphatic rings. The van der Waals surface area contributed by atoms with E-state index in [2.05, 4.69) is 10.3 Å². The van der Waals surface area contributed by atoms with Gasteiger partial charge in [0.05, 0.1) is 11.5 Å². The number of carbonyl (C=O) groups is 1. The Morgan fingerprint density at radius 3 is 2.96 bits per heavy atom. The summed E-state index contributed by atoms with van der Waals surface area (Å²) < 4.78 is 6.29. The molecule has 2 aromatic heterocycles. The van der Waals surface area contributed by atoms with E-state index in [4.69, 9.17) is 4.74 Å². The van der Waals surface area contributed by atoms with Gasteiger partial charge in [0.15, 0.2) is 0 Å². The lowest BCUT2D eigenvalue weighted by atomic mass is 10.1. The lowest BCUT2D eigenvalue weighted by Crippen LogP contribution is -2.15. The van der Waals surface area contributed by atoms with Gasteiger partial charge in [0.1, 0.15) is 17.1 Å². The molecule has 0 bridgehead atoms. The van der Waals surface area contributed by atoms with E-state index in [0.717, 1.165) is 10.1 Å². The molecule has 2 heterocycles. The van der Waals surface area contributed by atoms with Crippen LogP contribution in [0.15, 0.2) is 41.9 Å². The molecular formula is C16H13N3O4S. The predicted octanol–water partition coefficient (Wildman–Crippen LogP) is 3.86. The SMILES string of the molecule is CCOc1ccc([N+](=O)[O-])c(C(=O)Nc2nccc3sccc23)c1. The van der Waals surface area contributed by atoms with Gasteiger partial charge in [-0.2, -0.15) is 0 Å². The minimum Gasteiger partial charge on any atom is -0.494 e. The van der Waals surface area contributed by atoms with Gasteiger partial charge in [0.25, 0.3) is 11.6 Å². The highest BCUT2D eigenvalue weighted by Crippen LogP contribution is 2.28. The second-order valence-corrected chi connectivity index (χ2v) is 5.76. The second kappa shape index (κ2) is 6.63. The smallest absolute Gasteiger partial charge is 0.282 e. The van der Waals surface area contributed by atoms with Crippen molar-refractivity contribution < 1.29 is 14.5 Å². The zero-order valence-electron chi connectivity index (χ0n) is 12.7. The van der Waals surface area contributed by atoms with Crippen molar-refractivity contribution in [3.63, 3.8) is 0 Å². The topological polar surface area (TPSA) is 94.4 Å². The van der Waals surface area contributed by atoms with Gasteiger partial charge in [-0.15, -0.1) is 11.3 Å². The van der Waals surface area contributed by atoms with Crippen LogP contribution in [0.3, 0.4) is 0 Å². The summed E-state index contributed by atoms with van der Waals surface area (Å²) in [6, 6.07) is 7.78. The third-order valence-electron chi connectivity index (χ3n) is 3.33. The van der Waals surface area contributed by atoms with E-state index in [0.29, 0.717) is 18.2 Å². The zero-order valence-corrected chi connectivity index (χ0v) is 13.5. The van der Waals surface area contributed by atoms with Crippen LogP contribution in [-0.2, 0) is 0 Å². The largest absolute Gasteiger partial charge is 0.494 e. The highest BCUT2D eigenvalue weighted by molar-refractivity contribution is 7.17. The van der Waals surface area contributed by atoms with Crippen LogP contribution in [0.5, 0.6) is 5.75 Å². The minimum absolute atomic E-state index is 0.0695. The number of nitro benzene ring substituents is 1. The van der Waals surface area contributed by atoms with Crippen molar-refractivity contribution in [1.29, 1.82) is 0 Å². The molecule has 0 fully saturated rings. The van der Waals surface area contributed by atoms with Gasteiger partial charge in [0.2, 0.25) is 0 Å². The summed E-state index contributed by atoms with van der Waals surface area (Å²) in [5, 5.41) is 16.5. The highest BCUT2D eigenvalue weighted by Gasteiger charge is 2.22. The number of ether oxygens (including phenoxy) is 1. The summed E-state index contributed by atoms with van der Waals surface area (Å²) in [6.07, 6.45) is 1.58. The average molecular weight is 343 g/mol. The molecular weight excluding hydrogens is 330 g/mol. The van der Waals surface area contributed by atoms with Crippen molar-refractivity contribution >= 4 is 38.8 Å². The van der Waals surface area contributed by atoms with Crippen LogP contribution in [0.1, 0.15) is 17.3 Å². The van der Waals surface area contributed by atoms with E-state index in [-0.39, 0.29) is 11.3 Å². The molecule has 24 heavy (non-hydrogen) atoms. The van der Waals surface area contributed by atoms with Gasteiger partial charge in [-0.3, -0.25) is 14.9 Å². The fourth-order valence-electron chi connectivity index (χ4n) is 2.28. The Labute approximate surface area is 141 Å². The Balaban J connectivity index is 1.98. The Bertz CT molecular complexity index is 923. The van der Waals surface area contributed by atoms with Crippen molar-refractivity contribution in [3.8, 4) is 5.75 Å². The summed E-state index contributed by atoms with van der Waals surface area (Å²) in [4.78, 5) is 27.3. The summed E-state index contributed by atoms with van der Waals surface area (Å²) in [5.41, 5.74) is -0.353. The van der Waals surface area contributed by atoms with Gasteiger partial charge in [0, 0.05) is 22.3 Å². The Hall–Kier alpha value is -3.00. The maximum absolute atomic E-state index is 12.6. The maximum Gasteiger partial charge on any atom is 0.282 e. The van der Waals surface area contributed by atoms with Gasteiger partial charge in [-0.05, 0) is 36.6 Å². The summed E-state index contributed by atoms with van der Waals surface area (Å²) in [7, 11) is 0. The van der Waals surface area contributed by atoms with Crippen LogP contribution in [0.2, 0.25) is 0 Å². The van der Waals surface area contributed by atoms with Gasteiger partial charge in [-0.25, -0.2) is 4.98 Å². The number of carbonyl (C=O) groups excluding carboxylic acids is 1. The van der Waals surface area contributed by atoms with Crippen molar-refractivity contribution in [2.75, 3.05) is 11.9 Å². The number of nitrogens with zero attached hydrogens (tertiary/aromatic N) is 2. The number of hydrogen-bond acceptors (Lipinski definition) is 6. The summed E-state index contributed by atoms with van der Waals surface area (Å²) in [6.45, 7) is 2.19. The fraction of sp³-hybridized carbons (Fsp3) is 0.125. The van der Waals surface area contributed by atoms with Crippen LogP contribution in [0.25, 0.3) is 10.1 Å². The molecule has 0 spiro atoms. The quantitative estimate of drug-likeness (QED) is 0.561. The number of hydrogen-bond donors (Lipinski definition) is 1. The molecule has 1 N–H and O–H groups in total. The van der Waals surface area contributed by atoms with Crippen LogP contribution < -0.4 is 10.1 Å². The van der Waals surface area contributed by atoms with Crippen LogP contribution >= 0.6 is 11.3 Å². The van der Waals surface area contributed by atoms with Gasteiger partial charge in [-0.1, -0.05) is 0 Å². The van der Waals surface area contributed by atoms with E-state index in [1.165, 1.54) is 29.5 Å². The van der Waals surface area contributed by atoms with E-state index in [1.54, 1.807) is 13.1 Å². The predicted molar refractivity (Wildman–Crippen MR) is 91.8 cm³/mol. The molecule has 3 rings (SSSR count). The van der Waals surface area contributed by atoms with E-state index >= 15 is 0 Å². The van der Waals surface area contributed by atoms with E-state index in [1.807, 2.05) is 17.5 Å². The lowest BCUT2D eigenvalue weighted by Gasteiger charge is -2.08. The number of pyridine rings is 1. The normalized spacial score (nSPS) is 10.5. The standard InChI is InChI=1S/C16H13N3O4S/c1-2-23-10-3-4-13(19(21)22)12(9-10)16(20)18-15-11-6-8-24-14(11)5-7-17-15/h3-9H,2H2,1H3,(H,17,18,20). The van der Waals surface area contributed by atoms with Crippen LogP contribution in [0, 0.1) is 10.1 Å². The van der Waals surface area contributed by atoms with Crippen molar-refractivity contribution in [1.82, 2.24) is 4.98 Å². The van der Waals surface area contributed by atoms with E-state index < -0.39 is 10.8 Å². The Morgan fingerprint density at radius 1 is 1.38 bits per heavy atom. The minimum atomic E-state index is -0.602. The van der Waals surface area contributed by atoms with Crippen molar-refractivity contribution in [3.05, 3.63) is 57.6 Å². The third kappa shape index (κ3) is 3.04. The molecule has 1 amide bonds. The summed E-state index contributed by atoms with van der Waals surface area (Å²) >= 11 is 1.52. The maximum atomic E-state index is 12.6. The molecule has 8 heteroatoms. The molecule has 0 radical (unpaired) electrons. The number of nitrogens with one attached hydrogen (secondary N) is 1. The molecule has 0 saturated heterocycles. The zero-order chi connectivity index (χ0) is 17.1. The number of benzene rings is 1. The number of amides is 1. The molecule has 7 nitrogen and oxygen atoms in total. The first kappa shape index (κ1) is 15.9.